The van der Waals surface area contributed by atoms with Crippen LogP contribution in [-0.2, 0) is 0 Å². The lowest BCUT2D eigenvalue weighted by Crippen LogP contribution is -2.47. The summed E-state index contributed by atoms with van der Waals surface area (Å²) in [6, 6.07) is 14.0. The molecule has 0 bridgehead atoms. The minimum atomic E-state index is 0.610. The Balaban J connectivity index is 1.29. The van der Waals surface area contributed by atoms with Gasteiger partial charge in [0.15, 0.2) is 0 Å². The lowest BCUT2D eigenvalue weighted by atomic mass is 10.2. The number of H-pyrrole nitrogens is 1. The Morgan fingerprint density at radius 3 is 2.62 bits per heavy atom. The van der Waals surface area contributed by atoms with Crippen molar-refractivity contribution in [2.24, 2.45) is 0 Å². The van der Waals surface area contributed by atoms with Gasteiger partial charge in [0.2, 0.25) is 0 Å². The normalized spacial score (nSPS) is 15.5. The molecular weight excluding hydrogens is 369 g/mol. The molecular formula is C20H21Cl2N3O. The molecule has 4 nitrogen and oxygen atoms in total. The second-order valence-electron chi connectivity index (χ2n) is 6.45. The Kier molecular flexibility index (Phi) is 5.25. The first-order chi connectivity index (χ1) is 12.7. The zero-order chi connectivity index (χ0) is 17.9. The third-order valence-electron chi connectivity index (χ3n) is 4.86. The average Bonchev–Trinajstić information content (AvgIpc) is 3.14. The van der Waals surface area contributed by atoms with E-state index in [0.717, 1.165) is 55.1 Å². The maximum absolute atomic E-state index is 6.34. The molecule has 4 rings (SSSR count). The molecule has 2 aromatic carbocycles. The molecule has 0 radical (unpaired) electrons. The Labute approximate surface area is 163 Å². The van der Waals surface area contributed by atoms with E-state index in [1.807, 2.05) is 36.5 Å². The van der Waals surface area contributed by atoms with Crippen LogP contribution in [-0.4, -0.2) is 49.2 Å². The zero-order valence-electron chi connectivity index (χ0n) is 14.4. The van der Waals surface area contributed by atoms with Gasteiger partial charge in [0.1, 0.15) is 12.4 Å². The monoisotopic (exact) mass is 389 g/mol. The fourth-order valence-corrected chi connectivity index (χ4v) is 3.83. The summed E-state index contributed by atoms with van der Waals surface area (Å²) in [5, 5.41) is 2.39. The SMILES string of the molecule is Clc1cccc(N2CCN(CCOc3cccc4[nH]ccc34)CC2)c1Cl. The molecule has 1 fully saturated rings. The van der Waals surface area contributed by atoms with Gasteiger partial charge in [-0.2, -0.15) is 0 Å². The molecule has 0 atom stereocenters. The number of rotatable bonds is 5. The van der Waals surface area contributed by atoms with Crippen molar-refractivity contribution >= 4 is 39.8 Å². The van der Waals surface area contributed by atoms with Crippen LogP contribution in [0.15, 0.2) is 48.7 Å². The highest BCUT2D eigenvalue weighted by molar-refractivity contribution is 6.43. The van der Waals surface area contributed by atoms with E-state index in [4.69, 9.17) is 27.9 Å². The van der Waals surface area contributed by atoms with E-state index < -0.39 is 0 Å². The summed E-state index contributed by atoms with van der Waals surface area (Å²) in [5.41, 5.74) is 2.13. The lowest BCUT2D eigenvalue weighted by Gasteiger charge is -2.36. The summed E-state index contributed by atoms with van der Waals surface area (Å²) in [7, 11) is 0. The number of nitrogens with zero attached hydrogens (tertiary/aromatic N) is 2. The second-order valence-corrected chi connectivity index (χ2v) is 7.23. The van der Waals surface area contributed by atoms with Gasteiger partial charge in [-0.15, -0.1) is 0 Å². The van der Waals surface area contributed by atoms with Crippen LogP contribution in [0.2, 0.25) is 10.0 Å². The minimum absolute atomic E-state index is 0.610. The number of aromatic amines is 1. The van der Waals surface area contributed by atoms with Crippen molar-refractivity contribution in [2.75, 3.05) is 44.2 Å². The number of nitrogens with one attached hydrogen (secondary N) is 1. The molecule has 1 aliphatic rings. The van der Waals surface area contributed by atoms with E-state index in [1.54, 1.807) is 0 Å². The predicted molar refractivity (Wildman–Crippen MR) is 109 cm³/mol. The summed E-state index contributed by atoms with van der Waals surface area (Å²) in [5.74, 6) is 0.938. The number of anilines is 1. The third-order valence-corrected chi connectivity index (χ3v) is 5.67. The molecule has 0 aliphatic carbocycles. The van der Waals surface area contributed by atoms with Gasteiger partial charge in [-0.1, -0.05) is 35.3 Å². The summed E-state index contributed by atoms with van der Waals surface area (Å²) >= 11 is 12.5. The smallest absolute Gasteiger partial charge is 0.128 e. The van der Waals surface area contributed by atoms with Crippen molar-refractivity contribution in [2.45, 2.75) is 0 Å². The molecule has 136 valence electrons. The van der Waals surface area contributed by atoms with Crippen LogP contribution in [0.1, 0.15) is 0 Å². The Morgan fingerprint density at radius 1 is 0.962 bits per heavy atom. The maximum atomic E-state index is 6.34. The van der Waals surface area contributed by atoms with Crippen molar-refractivity contribution in [3.05, 3.63) is 58.7 Å². The molecule has 0 unspecified atom stereocenters. The van der Waals surface area contributed by atoms with Crippen LogP contribution >= 0.6 is 23.2 Å². The van der Waals surface area contributed by atoms with E-state index in [1.165, 1.54) is 0 Å². The van der Waals surface area contributed by atoms with E-state index >= 15 is 0 Å². The maximum Gasteiger partial charge on any atom is 0.128 e. The summed E-state index contributed by atoms with van der Waals surface area (Å²) in [6.45, 7) is 5.45. The van der Waals surface area contributed by atoms with Crippen LogP contribution in [0.3, 0.4) is 0 Å². The number of hydrogen-bond donors (Lipinski definition) is 1. The third kappa shape index (κ3) is 3.63. The van der Waals surface area contributed by atoms with Gasteiger partial charge in [-0.05, 0) is 30.3 Å². The number of fused-ring (bicyclic) bond motifs is 1. The quantitative estimate of drug-likeness (QED) is 0.687. The van der Waals surface area contributed by atoms with Gasteiger partial charge in [0, 0.05) is 49.8 Å². The number of hydrogen-bond acceptors (Lipinski definition) is 3. The summed E-state index contributed by atoms with van der Waals surface area (Å²) in [4.78, 5) is 7.93. The zero-order valence-corrected chi connectivity index (χ0v) is 15.9. The van der Waals surface area contributed by atoms with Gasteiger partial charge in [0.25, 0.3) is 0 Å². The first-order valence-corrected chi connectivity index (χ1v) is 9.58. The van der Waals surface area contributed by atoms with E-state index in [9.17, 15) is 0 Å². The second kappa shape index (κ2) is 7.78. The highest BCUT2D eigenvalue weighted by atomic mass is 35.5. The Hall–Kier alpha value is -1.88. The lowest BCUT2D eigenvalue weighted by molar-refractivity contribution is 0.201. The van der Waals surface area contributed by atoms with E-state index in [-0.39, 0.29) is 0 Å². The average molecular weight is 390 g/mol. The fraction of sp³-hybridized carbons (Fsp3) is 0.300. The topological polar surface area (TPSA) is 31.5 Å². The largest absolute Gasteiger partial charge is 0.492 e. The highest BCUT2D eigenvalue weighted by Crippen LogP contribution is 2.32. The fourth-order valence-electron chi connectivity index (χ4n) is 3.42. The number of halogens is 2. The van der Waals surface area contributed by atoms with Crippen LogP contribution in [0.25, 0.3) is 10.9 Å². The molecule has 1 aromatic heterocycles. The van der Waals surface area contributed by atoms with E-state index in [0.29, 0.717) is 16.7 Å². The molecule has 1 aliphatic heterocycles. The number of aromatic nitrogens is 1. The van der Waals surface area contributed by atoms with Crippen molar-refractivity contribution in [3.63, 3.8) is 0 Å². The minimum Gasteiger partial charge on any atom is -0.492 e. The van der Waals surface area contributed by atoms with Gasteiger partial charge in [-0.3, -0.25) is 4.90 Å². The molecule has 3 aromatic rings. The van der Waals surface area contributed by atoms with Crippen molar-refractivity contribution in [1.82, 2.24) is 9.88 Å². The van der Waals surface area contributed by atoms with Crippen molar-refractivity contribution in [1.29, 1.82) is 0 Å². The summed E-state index contributed by atoms with van der Waals surface area (Å²) in [6.07, 6.45) is 1.94. The first kappa shape index (κ1) is 17.5. The predicted octanol–water partition coefficient (Wildman–Crippen LogP) is 4.68. The molecule has 2 heterocycles. The Bertz CT molecular complexity index is 888. The molecule has 1 N–H and O–H groups in total. The number of benzene rings is 2. The molecule has 0 amide bonds. The molecule has 26 heavy (non-hydrogen) atoms. The van der Waals surface area contributed by atoms with Crippen LogP contribution in [0, 0.1) is 0 Å². The van der Waals surface area contributed by atoms with Crippen molar-refractivity contribution < 1.29 is 4.74 Å². The number of piperazine rings is 1. The molecule has 0 saturated carbocycles. The van der Waals surface area contributed by atoms with E-state index in [2.05, 4.69) is 26.9 Å². The standard InChI is InChI=1S/C20H21Cl2N3O/c21-16-3-1-5-18(20(16)22)25-11-9-24(10-12-25)13-14-26-19-6-2-4-17-15(19)7-8-23-17/h1-8,23H,9-14H2. The van der Waals surface area contributed by atoms with Crippen LogP contribution in [0.5, 0.6) is 5.75 Å². The highest BCUT2D eigenvalue weighted by Gasteiger charge is 2.19. The van der Waals surface area contributed by atoms with Gasteiger partial charge >= 0.3 is 0 Å². The van der Waals surface area contributed by atoms with Gasteiger partial charge in [0.05, 0.1) is 15.7 Å². The molecule has 1 saturated heterocycles. The first-order valence-electron chi connectivity index (χ1n) is 8.82. The number of ether oxygens (including phenoxy) is 1. The van der Waals surface area contributed by atoms with Crippen LogP contribution in [0.4, 0.5) is 5.69 Å². The van der Waals surface area contributed by atoms with Crippen molar-refractivity contribution in [3.8, 4) is 5.75 Å². The summed E-state index contributed by atoms with van der Waals surface area (Å²) < 4.78 is 6.01. The van der Waals surface area contributed by atoms with Gasteiger partial charge < -0.3 is 14.6 Å². The molecule has 6 heteroatoms. The molecule has 0 spiro atoms. The van der Waals surface area contributed by atoms with Gasteiger partial charge in [-0.25, -0.2) is 0 Å². The van der Waals surface area contributed by atoms with Crippen LogP contribution < -0.4 is 9.64 Å². The Morgan fingerprint density at radius 2 is 1.77 bits per heavy atom.